The van der Waals surface area contributed by atoms with Crippen molar-refractivity contribution in [2.75, 3.05) is 27.7 Å². The van der Waals surface area contributed by atoms with Crippen LogP contribution in [0.4, 0.5) is 4.79 Å². The first-order chi connectivity index (χ1) is 6.87. The molecule has 0 aromatic heterocycles. The summed E-state index contributed by atoms with van der Waals surface area (Å²) >= 11 is 0. The lowest BCUT2D eigenvalue weighted by Gasteiger charge is -2.21. The number of methoxy groups -OCH3 is 1. The predicted molar refractivity (Wildman–Crippen MR) is 58.7 cm³/mol. The van der Waals surface area contributed by atoms with Gasteiger partial charge in [0.15, 0.2) is 0 Å². The Morgan fingerprint density at radius 1 is 1.27 bits per heavy atom. The van der Waals surface area contributed by atoms with Crippen LogP contribution in [0.2, 0.25) is 0 Å². The van der Waals surface area contributed by atoms with E-state index in [2.05, 4.69) is 4.74 Å². The molecular weight excluding hydrogens is 220 g/mol. The lowest BCUT2D eigenvalue weighted by molar-refractivity contribution is 0.153. The summed E-state index contributed by atoms with van der Waals surface area (Å²) in [4.78, 5) is 10.9. The summed E-state index contributed by atoms with van der Waals surface area (Å²) in [5, 5.41) is 0. The van der Waals surface area contributed by atoms with Crippen LogP contribution in [0, 0.1) is 0 Å². The summed E-state index contributed by atoms with van der Waals surface area (Å²) in [5.74, 6) is 0. The summed E-state index contributed by atoms with van der Waals surface area (Å²) in [6, 6.07) is 0. The summed E-state index contributed by atoms with van der Waals surface area (Å²) < 4.78 is 28.7. The Balaban J connectivity index is 0. The number of carbonyl (C=O) groups is 1. The van der Waals surface area contributed by atoms with E-state index in [-0.39, 0.29) is 0 Å². The Morgan fingerprint density at radius 2 is 1.67 bits per heavy atom. The molecule has 0 heterocycles. The van der Waals surface area contributed by atoms with Crippen molar-refractivity contribution in [3.8, 4) is 0 Å². The van der Waals surface area contributed by atoms with Crippen molar-refractivity contribution in [3.05, 3.63) is 0 Å². The predicted octanol–water partition coefficient (Wildman–Crippen LogP) is 0.907. The largest absolute Gasteiger partial charge is 0.452 e. The van der Waals surface area contributed by atoms with E-state index in [1.165, 1.54) is 7.05 Å². The molecule has 0 saturated carbocycles. The monoisotopic (exact) mass is 240 g/mol. The van der Waals surface area contributed by atoms with Crippen molar-refractivity contribution in [1.29, 1.82) is 0 Å². The number of carbonyl (C=O) groups excluding carboxylic acids is 1. The van der Waals surface area contributed by atoms with Crippen LogP contribution in [-0.2, 0) is 14.9 Å². The summed E-state index contributed by atoms with van der Waals surface area (Å²) in [7, 11) is -0.0531. The van der Waals surface area contributed by atoms with Gasteiger partial charge < -0.3 is 4.74 Å². The molecule has 0 N–H and O–H groups in total. The molecule has 0 aliphatic carbocycles. The number of nitrogens with zero attached hydrogens (tertiary/aromatic N) is 2. The zero-order valence-corrected chi connectivity index (χ0v) is 11.0. The van der Waals surface area contributed by atoms with Crippen molar-refractivity contribution >= 4 is 16.3 Å². The molecule has 0 spiro atoms. The molecule has 0 bridgehead atoms. The normalized spacial score (nSPS) is 10.3. The fraction of sp³-hybridized carbons (Fsp3) is 0.875. The molecule has 0 aromatic rings. The first-order valence-electron chi connectivity index (χ1n) is 4.66. The van der Waals surface area contributed by atoms with Crippen LogP contribution in [0.1, 0.15) is 20.8 Å². The quantitative estimate of drug-likeness (QED) is 0.735. The van der Waals surface area contributed by atoms with Gasteiger partial charge in [0.25, 0.3) is 0 Å². The number of ether oxygens (including phenoxy) is 1. The molecule has 92 valence electrons. The van der Waals surface area contributed by atoms with Gasteiger partial charge in [0.1, 0.15) is 0 Å². The second-order valence-electron chi connectivity index (χ2n) is 2.36. The van der Waals surface area contributed by atoms with Crippen LogP contribution in [0.25, 0.3) is 0 Å². The first kappa shape index (κ1) is 16.6. The lowest BCUT2D eigenvalue weighted by atomic mass is 10.8. The fourth-order valence-electron chi connectivity index (χ4n) is 0.595. The second kappa shape index (κ2) is 7.47. The van der Waals surface area contributed by atoms with Gasteiger partial charge in [-0.1, -0.05) is 20.8 Å². The minimum absolute atomic E-state index is 0.295. The topological polar surface area (TPSA) is 66.9 Å². The molecule has 0 aromatic carbocycles. The number of hydrogen-bond acceptors (Lipinski definition) is 4. The van der Waals surface area contributed by atoms with Crippen molar-refractivity contribution in [1.82, 2.24) is 8.61 Å². The van der Waals surface area contributed by atoms with E-state index in [1.807, 2.05) is 13.8 Å². The minimum atomic E-state index is -3.71. The highest BCUT2D eigenvalue weighted by Crippen LogP contribution is 2.04. The maximum absolute atomic E-state index is 11.4. The van der Waals surface area contributed by atoms with Crippen molar-refractivity contribution in [2.24, 2.45) is 0 Å². The van der Waals surface area contributed by atoms with Gasteiger partial charge >= 0.3 is 16.3 Å². The van der Waals surface area contributed by atoms with Gasteiger partial charge in [0, 0.05) is 20.6 Å². The molecule has 0 saturated heterocycles. The van der Waals surface area contributed by atoms with Crippen LogP contribution in [0.3, 0.4) is 0 Å². The third-order valence-electron chi connectivity index (χ3n) is 1.62. The second-order valence-corrected chi connectivity index (χ2v) is 4.43. The Hall–Kier alpha value is -0.820. The van der Waals surface area contributed by atoms with Crippen LogP contribution < -0.4 is 0 Å². The van der Waals surface area contributed by atoms with Crippen molar-refractivity contribution in [3.63, 3.8) is 0 Å². The Kier molecular flexibility index (Phi) is 8.27. The summed E-state index contributed by atoms with van der Waals surface area (Å²) in [6.45, 7) is 5.96. The molecule has 0 rings (SSSR count). The molecule has 6 nitrogen and oxygen atoms in total. The minimum Gasteiger partial charge on any atom is -0.452 e. The fourth-order valence-corrected chi connectivity index (χ4v) is 1.60. The van der Waals surface area contributed by atoms with Gasteiger partial charge in [-0.25, -0.2) is 4.79 Å². The van der Waals surface area contributed by atoms with Gasteiger partial charge in [0.05, 0.1) is 7.11 Å². The van der Waals surface area contributed by atoms with Crippen LogP contribution in [0.15, 0.2) is 0 Å². The molecule has 0 unspecified atom stereocenters. The standard InChI is InChI=1S/C6H14N2O4S.C2H6/c1-5-7(2)13(10,11)8(3)6(9)12-4;1-2/h5H2,1-4H3;1-2H3. The highest BCUT2D eigenvalue weighted by Gasteiger charge is 2.27. The van der Waals surface area contributed by atoms with E-state index in [9.17, 15) is 13.2 Å². The Morgan fingerprint density at radius 3 is 1.93 bits per heavy atom. The van der Waals surface area contributed by atoms with Gasteiger partial charge in [-0.15, -0.1) is 0 Å². The zero-order chi connectivity index (χ0) is 12.6. The molecular formula is C8H20N2O4S. The van der Waals surface area contributed by atoms with E-state index in [0.29, 0.717) is 10.8 Å². The molecule has 15 heavy (non-hydrogen) atoms. The van der Waals surface area contributed by atoms with Gasteiger partial charge in [0.2, 0.25) is 0 Å². The summed E-state index contributed by atoms with van der Waals surface area (Å²) in [6.07, 6.45) is -0.903. The maximum atomic E-state index is 11.4. The molecule has 0 aliphatic heterocycles. The molecule has 7 heteroatoms. The lowest BCUT2D eigenvalue weighted by Crippen LogP contribution is -2.42. The highest BCUT2D eigenvalue weighted by atomic mass is 32.2. The molecule has 1 amide bonds. The number of amides is 1. The van der Waals surface area contributed by atoms with Crippen LogP contribution in [0.5, 0.6) is 0 Å². The Labute approximate surface area is 92.0 Å². The van der Waals surface area contributed by atoms with Crippen LogP contribution in [-0.4, -0.2) is 50.9 Å². The van der Waals surface area contributed by atoms with Crippen molar-refractivity contribution < 1.29 is 17.9 Å². The zero-order valence-electron chi connectivity index (χ0n) is 10.1. The van der Waals surface area contributed by atoms with E-state index >= 15 is 0 Å². The molecule has 0 fully saturated rings. The van der Waals surface area contributed by atoms with E-state index in [1.54, 1.807) is 6.92 Å². The average molecular weight is 240 g/mol. The van der Waals surface area contributed by atoms with E-state index in [0.717, 1.165) is 18.5 Å². The van der Waals surface area contributed by atoms with Crippen LogP contribution >= 0.6 is 0 Å². The van der Waals surface area contributed by atoms with E-state index < -0.39 is 16.3 Å². The Bertz CT molecular complexity index is 276. The molecule has 0 radical (unpaired) electrons. The maximum Gasteiger partial charge on any atom is 0.424 e. The number of hydrogen-bond donors (Lipinski definition) is 0. The highest BCUT2D eigenvalue weighted by molar-refractivity contribution is 7.87. The van der Waals surface area contributed by atoms with E-state index in [4.69, 9.17) is 0 Å². The number of rotatable bonds is 3. The van der Waals surface area contributed by atoms with Gasteiger partial charge in [-0.2, -0.15) is 17.0 Å². The average Bonchev–Trinajstić information content (AvgIpc) is 2.28. The summed E-state index contributed by atoms with van der Waals surface area (Å²) in [5.41, 5.74) is 0. The SMILES string of the molecule is CC.CCN(C)S(=O)(=O)N(C)C(=O)OC. The smallest absolute Gasteiger partial charge is 0.424 e. The first-order valence-corrected chi connectivity index (χ1v) is 6.05. The van der Waals surface area contributed by atoms with Crippen molar-refractivity contribution in [2.45, 2.75) is 20.8 Å². The van der Waals surface area contributed by atoms with Gasteiger partial charge in [-0.3, -0.25) is 0 Å². The third kappa shape index (κ3) is 4.48. The van der Waals surface area contributed by atoms with Gasteiger partial charge in [-0.05, 0) is 0 Å². The molecule has 0 atom stereocenters. The third-order valence-corrected chi connectivity index (χ3v) is 3.50. The molecule has 0 aliphatic rings.